The number of ether oxygens (including phenoxy) is 1. The normalized spacial score (nSPS) is 31.7. The van der Waals surface area contributed by atoms with E-state index in [1.165, 1.54) is 20.0 Å². The average molecular weight is 184 g/mol. The molecular formula is C11H20O2. The number of hydrogen-bond acceptors (Lipinski definition) is 2. The third kappa shape index (κ3) is 2.04. The zero-order chi connectivity index (χ0) is 10.1. The molecule has 0 aromatic carbocycles. The van der Waals surface area contributed by atoms with Crippen molar-refractivity contribution in [3.63, 3.8) is 0 Å². The van der Waals surface area contributed by atoms with E-state index in [1.807, 2.05) is 0 Å². The average Bonchev–Trinajstić information content (AvgIpc) is 2.31. The predicted octanol–water partition coefficient (Wildman–Crippen LogP) is 2.62. The van der Waals surface area contributed by atoms with Crippen molar-refractivity contribution < 1.29 is 9.53 Å². The van der Waals surface area contributed by atoms with Crippen LogP contribution in [-0.2, 0) is 9.53 Å². The largest absolute Gasteiger partial charge is 0.469 e. The Morgan fingerprint density at radius 3 is 2.46 bits per heavy atom. The molecule has 0 aromatic heterocycles. The number of rotatable bonds is 2. The summed E-state index contributed by atoms with van der Waals surface area (Å²) in [5, 5.41) is 0. The van der Waals surface area contributed by atoms with Crippen LogP contribution in [0.2, 0.25) is 0 Å². The highest BCUT2D eigenvalue weighted by Crippen LogP contribution is 2.48. The first-order valence-corrected chi connectivity index (χ1v) is 5.05. The highest BCUT2D eigenvalue weighted by molar-refractivity contribution is 5.69. The molecule has 0 aliphatic heterocycles. The van der Waals surface area contributed by atoms with Gasteiger partial charge in [0, 0.05) is 6.42 Å². The molecule has 1 saturated carbocycles. The highest BCUT2D eigenvalue weighted by Gasteiger charge is 2.41. The van der Waals surface area contributed by atoms with Gasteiger partial charge in [-0.25, -0.2) is 0 Å². The van der Waals surface area contributed by atoms with E-state index in [0.717, 1.165) is 5.92 Å². The number of methoxy groups -OCH3 is 1. The van der Waals surface area contributed by atoms with E-state index >= 15 is 0 Å². The molecule has 76 valence electrons. The molecule has 0 saturated heterocycles. The molecule has 0 amide bonds. The van der Waals surface area contributed by atoms with Gasteiger partial charge in [-0.15, -0.1) is 0 Å². The molecule has 1 aliphatic carbocycles. The monoisotopic (exact) mass is 184 g/mol. The topological polar surface area (TPSA) is 26.3 Å². The maximum Gasteiger partial charge on any atom is 0.305 e. The maximum atomic E-state index is 11.1. The Kier molecular flexibility index (Phi) is 2.99. The first-order chi connectivity index (χ1) is 5.98. The van der Waals surface area contributed by atoms with Crippen molar-refractivity contribution in [3.8, 4) is 0 Å². The van der Waals surface area contributed by atoms with E-state index in [1.54, 1.807) is 0 Å². The Balaban J connectivity index is 2.57. The van der Waals surface area contributed by atoms with Crippen molar-refractivity contribution in [2.24, 2.45) is 17.3 Å². The van der Waals surface area contributed by atoms with Crippen LogP contribution in [0.5, 0.6) is 0 Å². The molecule has 0 aromatic rings. The lowest BCUT2D eigenvalue weighted by Crippen LogP contribution is -2.25. The van der Waals surface area contributed by atoms with E-state index in [0.29, 0.717) is 17.8 Å². The van der Waals surface area contributed by atoms with Crippen molar-refractivity contribution in [2.45, 2.75) is 40.0 Å². The summed E-state index contributed by atoms with van der Waals surface area (Å²) in [5.41, 5.74) is 0.300. The first-order valence-electron chi connectivity index (χ1n) is 5.05. The van der Waals surface area contributed by atoms with Gasteiger partial charge in [-0.3, -0.25) is 4.79 Å². The second-order valence-corrected chi connectivity index (χ2v) is 4.78. The van der Waals surface area contributed by atoms with Crippen LogP contribution in [0.1, 0.15) is 40.0 Å². The van der Waals surface area contributed by atoms with Crippen LogP contribution in [0.3, 0.4) is 0 Å². The summed E-state index contributed by atoms with van der Waals surface area (Å²) in [6.07, 6.45) is 3.01. The van der Waals surface area contributed by atoms with Crippen LogP contribution < -0.4 is 0 Å². The molecule has 0 spiro atoms. The summed E-state index contributed by atoms with van der Waals surface area (Å²) in [6.45, 7) is 6.80. The highest BCUT2D eigenvalue weighted by atomic mass is 16.5. The number of carbonyl (C=O) groups is 1. The van der Waals surface area contributed by atoms with Crippen LogP contribution in [0.15, 0.2) is 0 Å². The molecule has 0 N–H and O–H groups in total. The Bertz CT molecular complexity index is 196. The van der Waals surface area contributed by atoms with Crippen LogP contribution in [-0.4, -0.2) is 13.1 Å². The van der Waals surface area contributed by atoms with Gasteiger partial charge >= 0.3 is 5.97 Å². The Hall–Kier alpha value is -0.530. The predicted molar refractivity (Wildman–Crippen MR) is 52.3 cm³/mol. The summed E-state index contributed by atoms with van der Waals surface area (Å²) in [5.74, 6) is 1.17. The van der Waals surface area contributed by atoms with Gasteiger partial charge in [0.25, 0.3) is 0 Å². The van der Waals surface area contributed by atoms with Gasteiger partial charge in [-0.1, -0.05) is 20.8 Å². The lowest BCUT2D eigenvalue weighted by molar-refractivity contribution is -0.142. The maximum absolute atomic E-state index is 11.1. The van der Waals surface area contributed by atoms with Gasteiger partial charge in [0.2, 0.25) is 0 Å². The molecule has 0 heterocycles. The fourth-order valence-corrected chi connectivity index (χ4v) is 2.25. The molecule has 2 heteroatoms. The van der Waals surface area contributed by atoms with Crippen molar-refractivity contribution in [1.82, 2.24) is 0 Å². The molecule has 0 radical (unpaired) electrons. The minimum atomic E-state index is -0.0628. The third-order valence-electron chi connectivity index (χ3n) is 3.91. The fraction of sp³-hybridized carbons (Fsp3) is 0.909. The van der Waals surface area contributed by atoms with E-state index < -0.39 is 0 Å². The molecule has 2 unspecified atom stereocenters. The van der Waals surface area contributed by atoms with E-state index in [-0.39, 0.29) is 5.97 Å². The van der Waals surface area contributed by atoms with Gasteiger partial charge in [0.15, 0.2) is 0 Å². The molecule has 1 fully saturated rings. The van der Waals surface area contributed by atoms with Crippen LogP contribution in [0.4, 0.5) is 0 Å². The summed E-state index contributed by atoms with van der Waals surface area (Å²) < 4.78 is 4.70. The van der Waals surface area contributed by atoms with Crippen molar-refractivity contribution >= 4 is 5.97 Å². The zero-order valence-corrected chi connectivity index (χ0v) is 9.09. The summed E-state index contributed by atoms with van der Waals surface area (Å²) in [7, 11) is 1.47. The van der Waals surface area contributed by atoms with Crippen LogP contribution in [0, 0.1) is 17.3 Å². The molecule has 0 bridgehead atoms. The summed E-state index contributed by atoms with van der Waals surface area (Å²) in [4.78, 5) is 11.1. The standard InChI is InChI=1S/C11H20O2/c1-8-5-6-9(11(8,2)3)7-10(12)13-4/h8-9H,5-7H2,1-4H3. The second kappa shape index (κ2) is 3.69. The molecular weight excluding hydrogens is 164 g/mol. The summed E-state index contributed by atoms with van der Waals surface area (Å²) in [6, 6.07) is 0. The SMILES string of the molecule is COC(=O)CC1CCC(C)C1(C)C. The minimum Gasteiger partial charge on any atom is -0.469 e. The molecule has 1 aliphatic rings. The van der Waals surface area contributed by atoms with Gasteiger partial charge in [0.1, 0.15) is 0 Å². The molecule has 2 nitrogen and oxygen atoms in total. The Labute approximate surface area is 80.7 Å². The lowest BCUT2D eigenvalue weighted by atomic mass is 9.75. The van der Waals surface area contributed by atoms with Gasteiger partial charge in [0.05, 0.1) is 7.11 Å². The number of hydrogen-bond donors (Lipinski definition) is 0. The zero-order valence-electron chi connectivity index (χ0n) is 9.09. The fourth-order valence-electron chi connectivity index (χ4n) is 2.25. The lowest BCUT2D eigenvalue weighted by Gasteiger charge is -2.30. The molecule has 2 atom stereocenters. The molecule has 1 rings (SSSR count). The van der Waals surface area contributed by atoms with Gasteiger partial charge < -0.3 is 4.74 Å². The number of carbonyl (C=O) groups excluding carboxylic acids is 1. The second-order valence-electron chi connectivity index (χ2n) is 4.78. The minimum absolute atomic E-state index is 0.0628. The third-order valence-corrected chi connectivity index (χ3v) is 3.91. The Morgan fingerprint density at radius 1 is 1.46 bits per heavy atom. The van der Waals surface area contributed by atoms with Crippen molar-refractivity contribution in [1.29, 1.82) is 0 Å². The van der Waals surface area contributed by atoms with Gasteiger partial charge in [-0.05, 0) is 30.1 Å². The summed E-state index contributed by atoms with van der Waals surface area (Å²) >= 11 is 0. The smallest absolute Gasteiger partial charge is 0.305 e. The van der Waals surface area contributed by atoms with E-state index in [2.05, 4.69) is 20.8 Å². The van der Waals surface area contributed by atoms with E-state index in [9.17, 15) is 4.79 Å². The first kappa shape index (κ1) is 10.6. The number of esters is 1. The van der Waals surface area contributed by atoms with Crippen molar-refractivity contribution in [2.75, 3.05) is 7.11 Å². The van der Waals surface area contributed by atoms with Crippen LogP contribution >= 0.6 is 0 Å². The van der Waals surface area contributed by atoms with Crippen LogP contribution in [0.25, 0.3) is 0 Å². The van der Waals surface area contributed by atoms with Crippen molar-refractivity contribution in [3.05, 3.63) is 0 Å². The molecule has 13 heavy (non-hydrogen) atoms. The van der Waals surface area contributed by atoms with Gasteiger partial charge in [-0.2, -0.15) is 0 Å². The Morgan fingerprint density at radius 2 is 2.08 bits per heavy atom. The quantitative estimate of drug-likeness (QED) is 0.617. The van der Waals surface area contributed by atoms with E-state index in [4.69, 9.17) is 4.74 Å².